The van der Waals surface area contributed by atoms with E-state index in [1.54, 1.807) is 19.1 Å². The van der Waals surface area contributed by atoms with Crippen molar-refractivity contribution in [2.45, 2.75) is 13.3 Å². The van der Waals surface area contributed by atoms with Crippen molar-refractivity contribution in [2.24, 2.45) is 0 Å². The summed E-state index contributed by atoms with van der Waals surface area (Å²) in [4.78, 5) is 25.8. The van der Waals surface area contributed by atoms with Crippen LogP contribution in [0.25, 0.3) is 10.9 Å². The summed E-state index contributed by atoms with van der Waals surface area (Å²) in [6, 6.07) is 4.71. The topological polar surface area (TPSA) is 79.4 Å². The van der Waals surface area contributed by atoms with Crippen LogP contribution in [0, 0.1) is 0 Å². The fourth-order valence-electron chi connectivity index (χ4n) is 1.81. The number of hydrogen-bond donors (Lipinski definition) is 2. The number of hydrogen-bond acceptors (Lipinski definition) is 4. The number of carbonyl (C=O) groups is 1. The number of nitrogens with one attached hydrogen (secondary N) is 1. The minimum Gasteiger partial charge on any atom is -0.507 e. The second kappa shape index (κ2) is 5.32. The van der Waals surface area contributed by atoms with Crippen LogP contribution < -0.4 is 5.56 Å². The van der Waals surface area contributed by atoms with E-state index in [1.807, 2.05) is 0 Å². The molecule has 1 aromatic carbocycles. The molecule has 19 heavy (non-hydrogen) atoms. The Labute approximate surface area is 113 Å². The molecule has 0 spiro atoms. The second-order valence-electron chi connectivity index (χ2n) is 3.95. The van der Waals surface area contributed by atoms with Crippen molar-refractivity contribution in [1.29, 1.82) is 0 Å². The molecule has 0 aliphatic rings. The summed E-state index contributed by atoms with van der Waals surface area (Å²) in [5.74, 6) is -0.778. The molecule has 2 aromatic rings. The number of H-pyrrole nitrogens is 1. The Hall–Kier alpha value is -2.01. The van der Waals surface area contributed by atoms with Crippen LogP contribution in [0.4, 0.5) is 0 Å². The third kappa shape index (κ3) is 2.71. The Balaban J connectivity index is 2.53. The number of pyridine rings is 1. The Morgan fingerprint density at radius 1 is 1.47 bits per heavy atom. The quantitative estimate of drug-likeness (QED) is 0.843. The first kappa shape index (κ1) is 13.4. The molecule has 0 bridgehead atoms. The van der Waals surface area contributed by atoms with E-state index in [1.165, 1.54) is 6.07 Å². The highest BCUT2D eigenvalue weighted by Crippen LogP contribution is 2.27. The number of aromatic amines is 1. The molecule has 6 heteroatoms. The molecule has 0 unspecified atom stereocenters. The molecule has 0 aliphatic carbocycles. The molecule has 2 rings (SSSR count). The van der Waals surface area contributed by atoms with Gasteiger partial charge in [-0.15, -0.1) is 0 Å². The number of ether oxygens (including phenoxy) is 1. The fourth-order valence-corrected chi connectivity index (χ4v) is 1.99. The predicted molar refractivity (Wildman–Crippen MR) is 71.6 cm³/mol. The monoisotopic (exact) mass is 281 g/mol. The molecule has 0 atom stereocenters. The van der Waals surface area contributed by atoms with Crippen LogP contribution >= 0.6 is 11.6 Å². The number of halogens is 1. The summed E-state index contributed by atoms with van der Waals surface area (Å²) in [6.07, 6.45) is -0.270. The molecule has 1 aromatic heterocycles. The van der Waals surface area contributed by atoms with Crippen LogP contribution in [0.2, 0.25) is 5.02 Å². The van der Waals surface area contributed by atoms with Crippen molar-refractivity contribution in [3.8, 4) is 5.75 Å². The zero-order chi connectivity index (χ0) is 14.0. The maximum atomic E-state index is 11.8. The van der Waals surface area contributed by atoms with Gasteiger partial charge in [0.1, 0.15) is 5.75 Å². The van der Waals surface area contributed by atoms with Crippen molar-refractivity contribution in [3.63, 3.8) is 0 Å². The minimum atomic E-state index is -0.559. The maximum absolute atomic E-state index is 11.8. The lowest BCUT2D eigenvalue weighted by molar-refractivity contribution is -0.142. The summed E-state index contributed by atoms with van der Waals surface area (Å²) in [5, 5.41) is 10.9. The van der Waals surface area contributed by atoms with Gasteiger partial charge in [0, 0.05) is 10.4 Å². The van der Waals surface area contributed by atoms with Crippen molar-refractivity contribution >= 4 is 28.5 Å². The number of esters is 1. The molecule has 1 heterocycles. The van der Waals surface area contributed by atoms with E-state index in [9.17, 15) is 14.7 Å². The molecule has 2 N–H and O–H groups in total. The predicted octanol–water partition coefficient (Wildman–Crippen LogP) is 1.99. The Kier molecular flexibility index (Phi) is 3.76. The van der Waals surface area contributed by atoms with Crippen LogP contribution in [0.5, 0.6) is 5.75 Å². The van der Waals surface area contributed by atoms with Gasteiger partial charge in [0.05, 0.1) is 24.1 Å². The molecule has 100 valence electrons. The first-order valence-electron chi connectivity index (χ1n) is 5.72. The first-order valence-corrected chi connectivity index (χ1v) is 6.09. The molecule has 0 radical (unpaired) electrons. The van der Waals surface area contributed by atoms with Gasteiger partial charge in [-0.3, -0.25) is 9.59 Å². The number of benzene rings is 1. The van der Waals surface area contributed by atoms with Crippen molar-refractivity contribution in [1.82, 2.24) is 4.98 Å². The highest BCUT2D eigenvalue weighted by molar-refractivity contribution is 6.31. The summed E-state index contributed by atoms with van der Waals surface area (Å²) in [6.45, 7) is 1.89. The summed E-state index contributed by atoms with van der Waals surface area (Å²) < 4.78 is 4.76. The number of aromatic nitrogens is 1. The van der Waals surface area contributed by atoms with Crippen molar-refractivity contribution in [3.05, 3.63) is 39.1 Å². The highest BCUT2D eigenvalue weighted by Gasteiger charge is 2.16. The van der Waals surface area contributed by atoms with E-state index in [0.29, 0.717) is 15.9 Å². The Morgan fingerprint density at radius 2 is 2.21 bits per heavy atom. The largest absolute Gasteiger partial charge is 0.507 e. The smallest absolute Gasteiger partial charge is 0.310 e. The number of rotatable bonds is 3. The molecule has 0 amide bonds. The first-order chi connectivity index (χ1) is 9.02. The van der Waals surface area contributed by atoms with E-state index in [-0.39, 0.29) is 24.3 Å². The third-order valence-corrected chi connectivity index (χ3v) is 2.91. The van der Waals surface area contributed by atoms with E-state index in [4.69, 9.17) is 16.3 Å². The third-order valence-electron chi connectivity index (χ3n) is 2.67. The van der Waals surface area contributed by atoms with E-state index >= 15 is 0 Å². The molecule has 5 nitrogen and oxygen atoms in total. The Morgan fingerprint density at radius 3 is 2.89 bits per heavy atom. The summed E-state index contributed by atoms with van der Waals surface area (Å²) >= 11 is 5.81. The average Bonchev–Trinajstić information content (AvgIpc) is 2.34. The van der Waals surface area contributed by atoms with Gasteiger partial charge in [0.2, 0.25) is 0 Å². The van der Waals surface area contributed by atoms with Crippen LogP contribution in [0.15, 0.2) is 23.0 Å². The van der Waals surface area contributed by atoms with Crippen molar-refractivity contribution < 1.29 is 14.6 Å². The van der Waals surface area contributed by atoms with Crippen LogP contribution in [-0.2, 0) is 16.0 Å². The van der Waals surface area contributed by atoms with Crippen LogP contribution in [0.3, 0.4) is 0 Å². The molecule has 0 saturated heterocycles. The standard InChI is InChI=1S/C13H12ClNO4/c1-2-19-11(16)6-9-12(17)8-4-3-7(14)5-10(8)15-13(9)18/h3-5H,2,6H2,1H3,(H2,15,17,18). The van der Waals surface area contributed by atoms with Gasteiger partial charge in [-0.05, 0) is 25.1 Å². The minimum absolute atomic E-state index is 0.00623. The fraction of sp³-hybridized carbons (Fsp3) is 0.231. The number of fused-ring (bicyclic) bond motifs is 1. The lowest BCUT2D eigenvalue weighted by Gasteiger charge is -2.07. The average molecular weight is 282 g/mol. The van der Waals surface area contributed by atoms with Gasteiger partial charge in [-0.2, -0.15) is 0 Å². The van der Waals surface area contributed by atoms with Gasteiger partial charge in [-0.1, -0.05) is 11.6 Å². The van der Waals surface area contributed by atoms with Crippen LogP contribution in [-0.4, -0.2) is 22.7 Å². The SMILES string of the molecule is CCOC(=O)Cc1c(O)c2ccc(Cl)cc2[nH]c1=O. The van der Waals surface area contributed by atoms with Gasteiger partial charge in [-0.25, -0.2) is 0 Å². The van der Waals surface area contributed by atoms with Crippen molar-refractivity contribution in [2.75, 3.05) is 6.61 Å². The van der Waals surface area contributed by atoms with E-state index < -0.39 is 11.5 Å². The van der Waals surface area contributed by atoms with Gasteiger partial charge >= 0.3 is 5.97 Å². The van der Waals surface area contributed by atoms with E-state index in [2.05, 4.69) is 4.98 Å². The van der Waals surface area contributed by atoms with Gasteiger partial charge in [0.25, 0.3) is 5.56 Å². The molecule has 0 aliphatic heterocycles. The van der Waals surface area contributed by atoms with Gasteiger partial charge in [0.15, 0.2) is 0 Å². The molecular formula is C13H12ClNO4. The highest BCUT2D eigenvalue weighted by atomic mass is 35.5. The Bertz CT molecular complexity index is 693. The number of carbonyl (C=O) groups excluding carboxylic acids is 1. The van der Waals surface area contributed by atoms with E-state index in [0.717, 1.165) is 0 Å². The van der Waals surface area contributed by atoms with Crippen LogP contribution in [0.1, 0.15) is 12.5 Å². The molecular weight excluding hydrogens is 270 g/mol. The lowest BCUT2D eigenvalue weighted by atomic mass is 10.1. The molecule has 0 saturated carbocycles. The summed E-state index contributed by atoms with van der Waals surface area (Å²) in [7, 11) is 0. The zero-order valence-electron chi connectivity index (χ0n) is 10.2. The normalized spacial score (nSPS) is 10.6. The lowest BCUT2D eigenvalue weighted by Crippen LogP contribution is -2.18. The maximum Gasteiger partial charge on any atom is 0.310 e. The summed E-state index contributed by atoms with van der Waals surface area (Å²) in [5.41, 5.74) is -0.115. The zero-order valence-corrected chi connectivity index (χ0v) is 11.0. The van der Waals surface area contributed by atoms with Gasteiger partial charge < -0.3 is 14.8 Å². The second-order valence-corrected chi connectivity index (χ2v) is 4.39. The molecule has 0 fully saturated rings. The number of aromatic hydroxyl groups is 1.